The van der Waals surface area contributed by atoms with Crippen molar-refractivity contribution in [2.24, 2.45) is 0 Å². The maximum Gasteiger partial charge on any atom is 0.421 e. The van der Waals surface area contributed by atoms with Crippen LogP contribution in [0.2, 0.25) is 0 Å². The van der Waals surface area contributed by atoms with Crippen LogP contribution in [-0.2, 0) is 4.74 Å². The number of carbonyl (C=O) groups excluding carboxylic acids is 1. The van der Waals surface area contributed by atoms with Crippen LogP contribution in [0.4, 0.5) is 4.79 Å². The number of halogens is 1. The second-order valence-electron chi connectivity index (χ2n) is 0.586. The summed E-state index contributed by atoms with van der Waals surface area (Å²) in [6.07, 6.45) is -0.642. The molecule has 0 fully saturated rings. The molecule has 3 nitrogen and oxygen atoms in total. The van der Waals surface area contributed by atoms with Crippen molar-refractivity contribution >= 4 is 17.9 Å². The minimum atomic E-state index is -0.642. The summed E-state index contributed by atoms with van der Waals surface area (Å²) in [7, 11) is 1.23. The zero-order valence-electron chi connectivity index (χ0n) is 3.19. The highest BCUT2D eigenvalue weighted by atomic mass is 35.5. The van der Waals surface area contributed by atoms with Gasteiger partial charge in [0.1, 0.15) is 0 Å². The Bertz CT molecular complexity index is 49.5. The minimum Gasteiger partial charge on any atom is -0.452 e. The number of rotatable bonds is 0. The fourth-order valence-electron chi connectivity index (χ4n) is 0.0386. The van der Waals surface area contributed by atoms with Gasteiger partial charge in [-0.25, -0.2) is 9.63 Å². The molecule has 4 heteroatoms. The SMILES string of the molecule is COC(=O)NCl. The van der Waals surface area contributed by atoms with Crippen LogP contribution in [-0.4, -0.2) is 13.2 Å². The number of methoxy groups -OCH3 is 1. The lowest BCUT2D eigenvalue weighted by Gasteiger charge is -1.87. The van der Waals surface area contributed by atoms with Crippen LogP contribution >= 0.6 is 11.8 Å². The van der Waals surface area contributed by atoms with Gasteiger partial charge in [0.15, 0.2) is 0 Å². The van der Waals surface area contributed by atoms with Crippen LogP contribution in [0.1, 0.15) is 0 Å². The van der Waals surface area contributed by atoms with E-state index in [1.165, 1.54) is 7.11 Å². The Morgan fingerprint density at radius 3 is 2.50 bits per heavy atom. The Labute approximate surface area is 40.3 Å². The first-order valence-corrected chi connectivity index (χ1v) is 1.63. The number of nitrogens with one attached hydrogen (secondary N) is 1. The molecule has 0 heterocycles. The molecule has 0 unspecified atom stereocenters. The molecule has 0 aromatic heterocycles. The van der Waals surface area contributed by atoms with Crippen molar-refractivity contribution in [2.45, 2.75) is 0 Å². The largest absolute Gasteiger partial charge is 0.452 e. The lowest BCUT2D eigenvalue weighted by atomic mass is 11.2. The monoisotopic (exact) mass is 109 g/mol. The van der Waals surface area contributed by atoms with E-state index in [2.05, 4.69) is 4.74 Å². The zero-order chi connectivity index (χ0) is 4.99. The van der Waals surface area contributed by atoms with Gasteiger partial charge in [-0.05, 0) is 0 Å². The van der Waals surface area contributed by atoms with Gasteiger partial charge in [0.05, 0.1) is 7.11 Å². The van der Waals surface area contributed by atoms with E-state index >= 15 is 0 Å². The Kier molecular flexibility index (Phi) is 2.58. The van der Waals surface area contributed by atoms with Gasteiger partial charge >= 0.3 is 6.09 Å². The van der Waals surface area contributed by atoms with E-state index in [1.807, 2.05) is 0 Å². The highest BCUT2D eigenvalue weighted by Crippen LogP contribution is 1.68. The summed E-state index contributed by atoms with van der Waals surface area (Å²) in [6, 6.07) is 0. The van der Waals surface area contributed by atoms with E-state index < -0.39 is 6.09 Å². The third-order valence-corrected chi connectivity index (χ3v) is 0.417. The molecular formula is C2H4ClNO2. The Morgan fingerprint density at radius 1 is 2.00 bits per heavy atom. The average molecular weight is 110 g/mol. The van der Waals surface area contributed by atoms with Gasteiger partial charge in [0.2, 0.25) is 0 Å². The second kappa shape index (κ2) is 2.78. The van der Waals surface area contributed by atoms with Gasteiger partial charge in [-0.1, -0.05) is 0 Å². The molecular weight excluding hydrogens is 105 g/mol. The Morgan fingerprint density at radius 2 is 2.50 bits per heavy atom. The topological polar surface area (TPSA) is 38.3 Å². The van der Waals surface area contributed by atoms with Crippen molar-refractivity contribution in [3.05, 3.63) is 0 Å². The van der Waals surface area contributed by atoms with Crippen molar-refractivity contribution < 1.29 is 9.53 Å². The van der Waals surface area contributed by atoms with E-state index in [1.54, 1.807) is 4.84 Å². The highest BCUT2D eigenvalue weighted by Gasteiger charge is 1.87. The van der Waals surface area contributed by atoms with Gasteiger partial charge in [0.25, 0.3) is 0 Å². The molecule has 1 N–H and O–H groups in total. The Balaban J connectivity index is 2.99. The van der Waals surface area contributed by atoms with Crippen LogP contribution < -0.4 is 4.84 Å². The van der Waals surface area contributed by atoms with E-state index in [9.17, 15) is 4.79 Å². The number of hydrogen-bond donors (Lipinski definition) is 1. The maximum atomic E-state index is 9.72. The number of carbonyl (C=O) groups is 1. The quantitative estimate of drug-likeness (QED) is 0.460. The average Bonchev–Trinajstić information content (AvgIpc) is 1.65. The maximum absolute atomic E-state index is 9.72. The van der Waals surface area contributed by atoms with Crippen molar-refractivity contribution in [1.29, 1.82) is 0 Å². The summed E-state index contributed by atoms with van der Waals surface area (Å²) in [5.74, 6) is 0. The predicted octanol–water partition coefficient (Wildman–Crippen LogP) is 0.496. The summed E-state index contributed by atoms with van der Waals surface area (Å²) >= 11 is 4.73. The third-order valence-electron chi connectivity index (χ3n) is 0.263. The normalized spacial score (nSPS) is 7.00. The van der Waals surface area contributed by atoms with Crippen molar-refractivity contribution in [1.82, 2.24) is 4.84 Å². The van der Waals surface area contributed by atoms with Gasteiger partial charge in [-0.3, -0.25) is 0 Å². The van der Waals surface area contributed by atoms with Crippen LogP contribution in [0.3, 0.4) is 0 Å². The molecule has 36 valence electrons. The summed E-state index contributed by atoms with van der Waals surface area (Å²) in [6.45, 7) is 0. The molecule has 0 aromatic carbocycles. The van der Waals surface area contributed by atoms with Gasteiger partial charge in [-0.2, -0.15) is 0 Å². The molecule has 0 atom stereocenters. The third kappa shape index (κ3) is 1.84. The number of ether oxygens (including phenoxy) is 1. The van der Waals surface area contributed by atoms with Crippen molar-refractivity contribution in [3.8, 4) is 0 Å². The first-order valence-electron chi connectivity index (χ1n) is 1.26. The van der Waals surface area contributed by atoms with Gasteiger partial charge in [0, 0.05) is 11.8 Å². The molecule has 0 aliphatic rings. The lowest BCUT2D eigenvalue weighted by Crippen LogP contribution is -2.10. The molecule has 0 saturated carbocycles. The fourth-order valence-corrected chi connectivity index (χ4v) is 0.116. The summed E-state index contributed by atoms with van der Waals surface area (Å²) in [5.41, 5.74) is 0. The van der Waals surface area contributed by atoms with E-state index in [0.717, 1.165) is 0 Å². The molecule has 0 aliphatic carbocycles. The van der Waals surface area contributed by atoms with Gasteiger partial charge < -0.3 is 4.74 Å². The highest BCUT2D eigenvalue weighted by molar-refractivity contribution is 6.20. The van der Waals surface area contributed by atoms with Crippen LogP contribution in [0.5, 0.6) is 0 Å². The van der Waals surface area contributed by atoms with E-state index in [-0.39, 0.29) is 0 Å². The van der Waals surface area contributed by atoms with Crippen LogP contribution in [0.15, 0.2) is 0 Å². The van der Waals surface area contributed by atoms with E-state index in [0.29, 0.717) is 0 Å². The number of hydrogen-bond acceptors (Lipinski definition) is 2. The second-order valence-corrected chi connectivity index (χ2v) is 0.775. The summed E-state index contributed by atoms with van der Waals surface area (Å²) < 4.78 is 4.02. The standard InChI is InChI=1S/C2H4ClNO2/c1-6-2(5)4-3/h1H3,(H,4,5). The van der Waals surface area contributed by atoms with Crippen LogP contribution in [0.25, 0.3) is 0 Å². The molecule has 0 radical (unpaired) electrons. The molecule has 6 heavy (non-hydrogen) atoms. The van der Waals surface area contributed by atoms with Crippen molar-refractivity contribution in [3.63, 3.8) is 0 Å². The first kappa shape index (κ1) is 5.56. The smallest absolute Gasteiger partial charge is 0.421 e. The molecule has 0 saturated heterocycles. The number of amides is 1. The summed E-state index contributed by atoms with van der Waals surface area (Å²) in [5, 5.41) is 0. The van der Waals surface area contributed by atoms with E-state index in [4.69, 9.17) is 11.8 Å². The molecule has 0 rings (SSSR count). The molecule has 0 aliphatic heterocycles. The first-order chi connectivity index (χ1) is 2.81. The molecule has 0 spiro atoms. The summed E-state index contributed by atoms with van der Waals surface area (Å²) in [4.78, 5) is 11.4. The van der Waals surface area contributed by atoms with Crippen molar-refractivity contribution in [2.75, 3.05) is 7.11 Å². The predicted molar refractivity (Wildman–Crippen MR) is 21.4 cm³/mol. The zero-order valence-corrected chi connectivity index (χ0v) is 3.95. The van der Waals surface area contributed by atoms with Crippen LogP contribution in [0, 0.1) is 0 Å². The molecule has 0 aromatic rings. The lowest BCUT2D eigenvalue weighted by molar-refractivity contribution is 0.178. The molecule has 0 bridgehead atoms. The van der Waals surface area contributed by atoms with Gasteiger partial charge in [-0.15, -0.1) is 0 Å². The minimum absolute atomic E-state index is 0.642. The molecule has 1 amide bonds. The Hall–Kier alpha value is -0.440. The fraction of sp³-hybridized carbons (Fsp3) is 0.500.